The van der Waals surface area contributed by atoms with Gasteiger partial charge in [0, 0.05) is 4.90 Å². The third-order valence-electron chi connectivity index (χ3n) is 2.42. The van der Waals surface area contributed by atoms with Crippen LogP contribution in [0.1, 0.15) is 5.56 Å². The van der Waals surface area contributed by atoms with Crippen LogP contribution in [0.4, 0.5) is 13.2 Å². The van der Waals surface area contributed by atoms with E-state index in [9.17, 15) is 13.2 Å². The Kier molecular flexibility index (Phi) is 4.03. The van der Waals surface area contributed by atoms with Gasteiger partial charge < -0.3 is 5.73 Å². The zero-order valence-electron chi connectivity index (χ0n) is 10.5. The number of nitrogen functional groups attached to an aromatic ring is 1. The van der Waals surface area contributed by atoms with E-state index in [1.165, 1.54) is 24.3 Å². The third-order valence-corrected chi connectivity index (χ3v) is 3.34. The first kappa shape index (κ1) is 15.1. The van der Waals surface area contributed by atoms with Crippen molar-refractivity contribution in [2.75, 3.05) is 0 Å². The van der Waals surface area contributed by atoms with Crippen LogP contribution in [0, 0.1) is 10.8 Å². The van der Waals surface area contributed by atoms with Crippen molar-refractivity contribution in [1.82, 2.24) is 9.78 Å². The van der Waals surface area contributed by atoms with Crippen molar-refractivity contribution >= 4 is 17.7 Å². The molecular weight excluding hydrogens is 303 g/mol. The van der Waals surface area contributed by atoms with Gasteiger partial charge in [-0.1, -0.05) is 17.8 Å². The average molecular weight is 313 g/mol. The summed E-state index contributed by atoms with van der Waals surface area (Å²) in [7, 11) is 0. The van der Waals surface area contributed by atoms with Gasteiger partial charge >= 0.3 is 6.18 Å². The molecule has 9 heteroatoms. The predicted octanol–water partition coefficient (Wildman–Crippen LogP) is 2.27. The summed E-state index contributed by atoms with van der Waals surface area (Å²) in [6.07, 6.45) is -4.41. The highest BCUT2D eigenvalue weighted by Crippen LogP contribution is 2.33. The summed E-state index contributed by atoms with van der Waals surface area (Å²) in [5.74, 6) is -0.438. The zero-order valence-corrected chi connectivity index (χ0v) is 11.3. The first-order chi connectivity index (χ1) is 9.77. The Labute approximate surface area is 121 Å². The second-order valence-corrected chi connectivity index (χ2v) is 5.08. The van der Waals surface area contributed by atoms with Crippen LogP contribution >= 0.6 is 11.8 Å². The van der Waals surface area contributed by atoms with E-state index < -0.39 is 17.7 Å². The monoisotopic (exact) mass is 313 g/mol. The highest BCUT2D eigenvalue weighted by atomic mass is 32.2. The van der Waals surface area contributed by atoms with Crippen molar-refractivity contribution in [2.45, 2.75) is 16.1 Å². The first-order valence-electron chi connectivity index (χ1n) is 5.62. The normalized spacial score (nSPS) is 11.4. The van der Waals surface area contributed by atoms with E-state index in [4.69, 9.17) is 16.6 Å². The molecule has 110 valence electrons. The molecule has 0 fully saturated rings. The fourth-order valence-corrected chi connectivity index (χ4v) is 2.33. The Bertz CT molecular complexity index is 738. The molecule has 21 heavy (non-hydrogen) atoms. The van der Waals surface area contributed by atoms with Crippen LogP contribution in [0.2, 0.25) is 0 Å². The molecule has 0 aliphatic heterocycles. The number of halogens is 3. The van der Waals surface area contributed by atoms with E-state index in [2.05, 4.69) is 5.10 Å². The van der Waals surface area contributed by atoms with Gasteiger partial charge in [0.05, 0.1) is 5.56 Å². The van der Waals surface area contributed by atoms with Crippen LogP contribution in [-0.4, -0.2) is 15.7 Å². The van der Waals surface area contributed by atoms with Gasteiger partial charge in [0.1, 0.15) is 10.5 Å². The van der Waals surface area contributed by atoms with Gasteiger partial charge in [0.15, 0.2) is 0 Å². The fraction of sp³-hybridized carbons (Fsp3) is 0.0833. The molecule has 1 aromatic carbocycles. The standard InChI is InChI=1S/C12H10F3N5S/c13-12(14,15)7-2-1-3-8(6-7)21-10-5-4-9(16)20(19-10)11(17)18/h1-6,16H,(H3,17,18). The lowest BCUT2D eigenvalue weighted by atomic mass is 10.2. The summed E-state index contributed by atoms with van der Waals surface area (Å²) in [5, 5.41) is 19.0. The number of nitrogens with two attached hydrogens (primary N) is 1. The van der Waals surface area contributed by atoms with Crippen LogP contribution in [0.5, 0.6) is 0 Å². The van der Waals surface area contributed by atoms with Crippen molar-refractivity contribution in [2.24, 2.45) is 5.73 Å². The van der Waals surface area contributed by atoms with Gasteiger partial charge in [-0.25, -0.2) is 0 Å². The summed E-state index contributed by atoms with van der Waals surface area (Å²) in [5.41, 5.74) is 4.43. The summed E-state index contributed by atoms with van der Waals surface area (Å²) in [6.45, 7) is 0. The van der Waals surface area contributed by atoms with Crippen LogP contribution in [0.3, 0.4) is 0 Å². The van der Waals surface area contributed by atoms with Gasteiger partial charge in [-0.2, -0.15) is 23.0 Å². The molecule has 0 bridgehead atoms. The molecule has 0 saturated heterocycles. The molecule has 0 aliphatic rings. The van der Waals surface area contributed by atoms with Crippen LogP contribution in [-0.2, 0) is 6.18 Å². The molecule has 0 unspecified atom stereocenters. The van der Waals surface area contributed by atoms with E-state index >= 15 is 0 Å². The van der Waals surface area contributed by atoms with E-state index in [0.717, 1.165) is 28.6 Å². The van der Waals surface area contributed by atoms with Crippen LogP contribution < -0.4 is 11.2 Å². The Balaban J connectivity index is 2.33. The number of hydrogen-bond acceptors (Lipinski definition) is 4. The van der Waals surface area contributed by atoms with Gasteiger partial charge in [-0.05, 0) is 30.3 Å². The average Bonchev–Trinajstić information content (AvgIpc) is 2.40. The van der Waals surface area contributed by atoms with Crippen molar-refractivity contribution in [3.63, 3.8) is 0 Å². The van der Waals surface area contributed by atoms with Gasteiger partial charge in [-0.15, -0.1) is 0 Å². The lowest BCUT2D eigenvalue weighted by molar-refractivity contribution is -0.137. The third kappa shape index (κ3) is 3.63. The number of benzene rings is 1. The number of hydrogen-bond donors (Lipinski definition) is 3. The Hall–Kier alpha value is -2.29. The van der Waals surface area contributed by atoms with E-state index in [-0.39, 0.29) is 5.49 Å². The minimum Gasteiger partial charge on any atom is -0.368 e. The fourth-order valence-electron chi connectivity index (χ4n) is 1.50. The van der Waals surface area contributed by atoms with Crippen molar-refractivity contribution in [3.8, 4) is 0 Å². The molecule has 1 heterocycles. The van der Waals surface area contributed by atoms with Crippen molar-refractivity contribution in [3.05, 3.63) is 47.4 Å². The number of aromatic nitrogens is 2. The largest absolute Gasteiger partial charge is 0.416 e. The predicted molar refractivity (Wildman–Crippen MR) is 71.0 cm³/mol. The topological polar surface area (TPSA) is 91.5 Å². The molecule has 1 aromatic heterocycles. The molecule has 5 nitrogen and oxygen atoms in total. The van der Waals surface area contributed by atoms with Gasteiger partial charge in [0.2, 0.25) is 5.96 Å². The molecule has 4 N–H and O–H groups in total. The minimum absolute atomic E-state index is 0.0871. The second-order valence-electron chi connectivity index (χ2n) is 3.98. The Morgan fingerprint density at radius 1 is 1.24 bits per heavy atom. The van der Waals surface area contributed by atoms with Crippen molar-refractivity contribution < 1.29 is 13.2 Å². The summed E-state index contributed by atoms with van der Waals surface area (Å²) >= 11 is 0.991. The maximum Gasteiger partial charge on any atom is 0.416 e. The zero-order chi connectivity index (χ0) is 15.6. The summed E-state index contributed by atoms with van der Waals surface area (Å²) < 4.78 is 38.8. The SMILES string of the molecule is N=C(N)n1nc(Sc2cccc(C(F)(F)F)c2)ccc1=N. The molecule has 0 aliphatic carbocycles. The highest BCUT2D eigenvalue weighted by molar-refractivity contribution is 7.99. The Morgan fingerprint density at radius 3 is 2.57 bits per heavy atom. The molecule has 0 atom stereocenters. The van der Waals surface area contributed by atoms with Crippen LogP contribution in [0.25, 0.3) is 0 Å². The molecule has 0 amide bonds. The van der Waals surface area contributed by atoms with E-state index in [1.807, 2.05) is 0 Å². The van der Waals surface area contributed by atoms with Gasteiger partial charge in [0.25, 0.3) is 0 Å². The maximum atomic E-state index is 12.6. The summed E-state index contributed by atoms with van der Waals surface area (Å²) in [4.78, 5) is 0.352. The van der Waals surface area contributed by atoms with Gasteiger partial charge in [-0.3, -0.25) is 10.8 Å². The van der Waals surface area contributed by atoms with Crippen molar-refractivity contribution in [1.29, 1.82) is 10.8 Å². The van der Waals surface area contributed by atoms with E-state index in [0.29, 0.717) is 9.92 Å². The number of nitrogens with one attached hydrogen (secondary N) is 2. The quantitative estimate of drug-likeness (QED) is 0.586. The molecule has 2 aromatic rings. The van der Waals surface area contributed by atoms with E-state index in [1.54, 1.807) is 0 Å². The minimum atomic E-state index is -4.41. The lowest BCUT2D eigenvalue weighted by Gasteiger charge is -2.09. The Morgan fingerprint density at radius 2 is 1.95 bits per heavy atom. The van der Waals surface area contributed by atoms with Crippen LogP contribution in [0.15, 0.2) is 46.3 Å². The molecule has 0 saturated carbocycles. The number of rotatable bonds is 2. The molecular formula is C12H10F3N5S. The second kappa shape index (κ2) is 5.60. The lowest BCUT2D eigenvalue weighted by Crippen LogP contribution is -2.34. The molecule has 0 spiro atoms. The number of alkyl halides is 3. The highest BCUT2D eigenvalue weighted by Gasteiger charge is 2.30. The molecule has 0 radical (unpaired) electrons. The summed E-state index contributed by atoms with van der Waals surface area (Å²) in [6, 6.07) is 7.67. The number of nitrogens with zero attached hydrogens (tertiary/aromatic N) is 2. The smallest absolute Gasteiger partial charge is 0.368 e. The maximum absolute atomic E-state index is 12.6. The first-order valence-corrected chi connectivity index (χ1v) is 6.43. The molecule has 2 rings (SSSR count).